The summed E-state index contributed by atoms with van der Waals surface area (Å²) >= 11 is 0. The van der Waals surface area contributed by atoms with Crippen molar-refractivity contribution in [3.8, 4) is 0 Å². The third-order valence-corrected chi connectivity index (χ3v) is 4.74. The summed E-state index contributed by atoms with van der Waals surface area (Å²) in [6.07, 6.45) is 0.691. The van der Waals surface area contributed by atoms with Crippen LogP contribution < -0.4 is 5.73 Å². The highest BCUT2D eigenvalue weighted by atomic mass is 35.5. The molecule has 2 aromatic carbocycles. The maximum atomic E-state index is 6.35. The Labute approximate surface area is 159 Å². The monoisotopic (exact) mass is 370 g/mol. The van der Waals surface area contributed by atoms with Gasteiger partial charge in [-0.3, -0.25) is 4.90 Å². The van der Waals surface area contributed by atoms with E-state index in [1.807, 2.05) is 24.3 Å². The molecule has 3 aromatic rings. The molecule has 6 heteroatoms. The van der Waals surface area contributed by atoms with Crippen LogP contribution in [0.1, 0.15) is 28.8 Å². The van der Waals surface area contributed by atoms with Crippen LogP contribution in [0.2, 0.25) is 0 Å². The van der Waals surface area contributed by atoms with Gasteiger partial charge in [0, 0.05) is 31.5 Å². The van der Waals surface area contributed by atoms with Gasteiger partial charge < -0.3 is 10.3 Å². The first-order valence-electron chi connectivity index (χ1n) is 8.66. The van der Waals surface area contributed by atoms with E-state index < -0.39 is 0 Å². The number of hydrogen-bond donors (Lipinski definition) is 1. The van der Waals surface area contributed by atoms with Crippen LogP contribution in [0.25, 0.3) is 0 Å². The number of aromatic nitrogens is 2. The lowest BCUT2D eigenvalue weighted by Crippen LogP contribution is -2.28. The van der Waals surface area contributed by atoms with Gasteiger partial charge in [-0.05, 0) is 11.1 Å². The van der Waals surface area contributed by atoms with Crippen LogP contribution >= 0.6 is 12.4 Å². The van der Waals surface area contributed by atoms with Crippen molar-refractivity contribution < 1.29 is 4.52 Å². The first-order valence-corrected chi connectivity index (χ1v) is 8.66. The number of hydrogen-bond acceptors (Lipinski definition) is 5. The smallest absolute Gasteiger partial charge is 0.240 e. The number of benzene rings is 2. The molecular weight excluding hydrogens is 348 g/mol. The van der Waals surface area contributed by atoms with Crippen molar-refractivity contribution in [3.63, 3.8) is 0 Å². The fourth-order valence-corrected chi connectivity index (χ4v) is 3.49. The van der Waals surface area contributed by atoms with Crippen LogP contribution in [0, 0.1) is 0 Å². The minimum Gasteiger partial charge on any atom is -0.338 e. The summed E-state index contributed by atoms with van der Waals surface area (Å²) in [6, 6.07) is 20.8. The molecule has 0 aliphatic carbocycles. The molecule has 4 rings (SSSR count). The van der Waals surface area contributed by atoms with Gasteiger partial charge in [-0.25, -0.2) is 0 Å². The normalized spacial score (nSPS) is 20.0. The summed E-state index contributed by atoms with van der Waals surface area (Å²) in [4.78, 5) is 6.83. The van der Waals surface area contributed by atoms with Gasteiger partial charge in [0.1, 0.15) is 0 Å². The van der Waals surface area contributed by atoms with Gasteiger partial charge in [-0.1, -0.05) is 65.8 Å². The molecule has 1 aliphatic rings. The van der Waals surface area contributed by atoms with E-state index in [-0.39, 0.29) is 18.4 Å². The second-order valence-corrected chi connectivity index (χ2v) is 6.64. The number of likely N-dealkylation sites (tertiary alicyclic amines) is 1. The Morgan fingerprint density at radius 1 is 1.00 bits per heavy atom. The molecule has 0 unspecified atom stereocenters. The van der Waals surface area contributed by atoms with Crippen LogP contribution in [0.15, 0.2) is 65.2 Å². The minimum atomic E-state index is 0. The first kappa shape index (κ1) is 18.6. The van der Waals surface area contributed by atoms with E-state index in [9.17, 15) is 0 Å². The number of rotatable bonds is 5. The SMILES string of the molecule is Cl.N[C@@H]1CN(Cc2nc(Cc3ccccc3)no2)C[C@H]1c1ccccc1. The molecule has 136 valence electrons. The number of nitrogens with two attached hydrogens (primary N) is 1. The summed E-state index contributed by atoms with van der Waals surface area (Å²) in [6.45, 7) is 2.41. The van der Waals surface area contributed by atoms with Gasteiger partial charge in [-0.2, -0.15) is 4.98 Å². The molecule has 0 bridgehead atoms. The number of halogens is 1. The van der Waals surface area contributed by atoms with Crippen molar-refractivity contribution in [3.05, 3.63) is 83.5 Å². The zero-order chi connectivity index (χ0) is 17.1. The largest absolute Gasteiger partial charge is 0.338 e. The Balaban J connectivity index is 0.00000196. The summed E-state index contributed by atoms with van der Waals surface area (Å²) in [5.41, 5.74) is 8.84. The lowest BCUT2D eigenvalue weighted by Gasteiger charge is -2.14. The predicted molar refractivity (Wildman–Crippen MR) is 103 cm³/mol. The topological polar surface area (TPSA) is 68.2 Å². The van der Waals surface area contributed by atoms with Crippen molar-refractivity contribution in [1.82, 2.24) is 15.0 Å². The van der Waals surface area contributed by atoms with Crippen molar-refractivity contribution in [2.75, 3.05) is 13.1 Å². The third-order valence-electron chi connectivity index (χ3n) is 4.74. The maximum absolute atomic E-state index is 6.35. The van der Waals surface area contributed by atoms with Gasteiger partial charge >= 0.3 is 0 Å². The highest BCUT2D eigenvalue weighted by molar-refractivity contribution is 5.85. The van der Waals surface area contributed by atoms with Crippen LogP contribution in [-0.4, -0.2) is 34.2 Å². The van der Waals surface area contributed by atoms with Crippen LogP contribution in [-0.2, 0) is 13.0 Å². The molecule has 2 N–H and O–H groups in total. The Morgan fingerprint density at radius 3 is 2.42 bits per heavy atom. The second kappa shape index (κ2) is 8.45. The van der Waals surface area contributed by atoms with E-state index >= 15 is 0 Å². The zero-order valence-corrected chi connectivity index (χ0v) is 15.3. The predicted octanol–water partition coefficient (Wildman–Crippen LogP) is 3.01. The average molecular weight is 371 g/mol. The molecular formula is C20H23ClN4O. The van der Waals surface area contributed by atoms with Crippen LogP contribution in [0.4, 0.5) is 0 Å². The van der Waals surface area contributed by atoms with Gasteiger partial charge in [0.2, 0.25) is 5.89 Å². The molecule has 2 heterocycles. The van der Waals surface area contributed by atoms with Gasteiger partial charge in [-0.15, -0.1) is 12.4 Å². The lowest BCUT2D eigenvalue weighted by atomic mass is 9.95. The average Bonchev–Trinajstić information content (AvgIpc) is 3.23. The lowest BCUT2D eigenvalue weighted by molar-refractivity contribution is 0.263. The third kappa shape index (κ3) is 4.30. The van der Waals surface area contributed by atoms with Crippen LogP contribution in [0.3, 0.4) is 0 Å². The molecule has 1 aliphatic heterocycles. The molecule has 26 heavy (non-hydrogen) atoms. The Bertz CT molecular complexity index is 809. The Kier molecular flexibility index (Phi) is 6.04. The first-order chi connectivity index (χ1) is 12.3. The standard InChI is InChI=1S/C20H22N4O.ClH/c21-18-13-24(12-17(18)16-9-5-2-6-10-16)14-20-22-19(23-25-20)11-15-7-3-1-4-8-15;/h1-10,17-18H,11-14,21H2;1H/t17-,18+;/m0./s1. The van der Waals surface area contributed by atoms with E-state index in [4.69, 9.17) is 10.3 Å². The number of nitrogens with zero attached hydrogens (tertiary/aromatic N) is 3. The van der Waals surface area contributed by atoms with E-state index in [1.54, 1.807) is 0 Å². The summed E-state index contributed by atoms with van der Waals surface area (Å²) in [5, 5.41) is 4.11. The van der Waals surface area contributed by atoms with Crippen molar-refractivity contribution in [1.29, 1.82) is 0 Å². The van der Waals surface area contributed by atoms with Crippen molar-refractivity contribution in [2.45, 2.75) is 24.9 Å². The fraction of sp³-hybridized carbons (Fsp3) is 0.300. The Morgan fingerprint density at radius 2 is 1.69 bits per heavy atom. The fourth-order valence-electron chi connectivity index (χ4n) is 3.49. The van der Waals surface area contributed by atoms with Gasteiger partial charge in [0.25, 0.3) is 0 Å². The summed E-state index contributed by atoms with van der Waals surface area (Å²) in [5.74, 6) is 1.74. The van der Waals surface area contributed by atoms with E-state index in [1.165, 1.54) is 11.1 Å². The molecule has 0 saturated carbocycles. The van der Waals surface area contributed by atoms with Crippen molar-refractivity contribution >= 4 is 12.4 Å². The van der Waals surface area contributed by atoms with Crippen LogP contribution in [0.5, 0.6) is 0 Å². The summed E-state index contributed by atoms with van der Waals surface area (Å²) < 4.78 is 5.43. The quantitative estimate of drug-likeness (QED) is 0.747. The van der Waals surface area contributed by atoms with E-state index in [0.717, 1.165) is 18.9 Å². The molecule has 1 aromatic heterocycles. The molecule has 1 saturated heterocycles. The highest BCUT2D eigenvalue weighted by Crippen LogP contribution is 2.27. The molecule has 0 amide bonds. The maximum Gasteiger partial charge on any atom is 0.240 e. The second-order valence-electron chi connectivity index (χ2n) is 6.64. The zero-order valence-electron chi connectivity index (χ0n) is 14.5. The van der Waals surface area contributed by atoms with Gasteiger partial charge in [0.05, 0.1) is 6.54 Å². The molecule has 5 nitrogen and oxygen atoms in total. The molecule has 0 radical (unpaired) electrons. The summed E-state index contributed by atoms with van der Waals surface area (Å²) in [7, 11) is 0. The van der Waals surface area contributed by atoms with E-state index in [0.29, 0.717) is 24.8 Å². The highest BCUT2D eigenvalue weighted by Gasteiger charge is 2.31. The van der Waals surface area contributed by atoms with Gasteiger partial charge in [0.15, 0.2) is 5.82 Å². The minimum absolute atomic E-state index is 0. The molecule has 1 fully saturated rings. The molecule has 2 atom stereocenters. The Hall–Kier alpha value is -2.21. The van der Waals surface area contributed by atoms with E-state index in [2.05, 4.69) is 51.4 Å². The molecule has 0 spiro atoms. The van der Waals surface area contributed by atoms with Crippen molar-refractivity contribution in [2.24, 2.45) is 5.73 Å².